The molecule has 1 fully saturated rings. The van der Waals surface area contributed by atoms with Crippen LogP contribution >= 0.6 is 0 Å². The minimum Gasteiger partial charge on any atom is -0.490 e. The van der Waals surface area contributed by atoms with E-state index in [0.29, 0.717) is 0 Å². The van der Waals surface area contributed by atoms with E-state index in [-0.39, 0.29) is 18.0 Å². The van der Waals surface area contributed by atoms with Gasteiger partial charge in [-0.2, -0.15) is 0 Å². The van der Waals surface area contributed by atoms with Crippen LogP contribution in [0.15, 0.2) is 42.5 Å². The van der Waals surface area contributed by atoms with E-state index in [9.17, 15) is 4.79 Å². The van der Waals surface area contributed by atoms with E-state index in [0.717, 1.165) is 31.4 Å². The number of hydrogen-bond donors (Lipinski definition) is 0. The molecule has 0 radical (unpaired) electrons. The number of fused-ring (bicyclic) bond motifs is 1. The molecule has 1 aliphatic carbocycles. The first kappa shape index (κ1) is 13.9. The molecule has 110 valence electrons. The minimum absolute atomic E-state index is 0.0476. The molecule has 0 saturated heterocycles. The molecule has 0 unspecified atom stereocenters. The number of carbonyl (C=O) groups is 1. The largest absolute Gasteiger partial charge is 0.490 e. The van der Waals surface area contributed by atoms with Crippen LogP contribution in [0.1, 0.15) is 25.7 Å². The van der Waals surface area contributed by atoms with Gasteiger partial charge in [0.15, 0.2) is 0 Å². The Hall–Kier alpha value is -2.03. The lowest BCUT2D eigenvalue weighted by Crippen LogP contribution is -2.28. The fourth-order valence-electron chi connectivity index (χ4n) is 3.02. The van der Waals surface area contributed by atoms with Crippen molar-refractivity contribution in [2.45, 2.75) is 31.8 Å². The molecule has 0 amide bonds. The monoisotopic (exact) mass is 284 g/mol. The summed E-state index contributed by atoms with van der Waals surface area (Å²) in [5, 5.41) is 2.41. The molecule has 0 spiro atoms. The molecule has 0 bridgehead atoms. The van der Waals surface area contributed by atoms with Crippen LogP contribution in [0.5, 0.6) is 5.75 Å². The smallest absolute Gasteiger partial charge is 0.308 e. The Kier molecular flexibility index (Phi) is 4.09. The summed E-state index contributed by atoms with van der Waals surface area (Å²) in [5.41, 5.74) is 0. The maximum atomic E-state index is 11.5. The van der Waals surface area contributed by atoms with E-state index in [2.05, 4.69) is 24.3 Å². The van der Waals surface area contributed by atoms with Crippen molar-refractivity contribution in [2.24, 2.45) is 5.92 Å². The van der Waals surface area contributed by atoms with E-state index in [4.69, 9.17) is 9.47 Å². The number of methoxy groups -OCH3 is 1. The average molecular weight is 284 g/mol. The van der Waals surface area contributed by atoms with Gasteiger partial charge in [-0.15, -0.1) is 0 Å². The van der Waals surface area contributed by atoms with E-state index in [1.165, 1.54) is 17.9 Å². The third kappa shape index (κ3) is 3.18. The molecule has 0 heterocycles. The quantitative estimate of drug-likeness (QED) is 0.801. The maximum Gasteiger partial charge on any atom is 0.308 e. The molecule has 3 rings (SSSR count). The van der Waals surface area contributed by atoms with Gasteiger partial charge in [0.1, 0.15) is 5.75 Å². The Bertz CT molecular complexity index is 627. The first-order chi connectivity index (χ1) is 10.3. The molecule has 21 heavy (non-hydrogen) atoms. The third-order valence-electron chi connectivity index (χ3n) is 4.23. The summed E-state index contributed by atoms with van der Waals surface area (Å²) in [4.78, 5) is 11.5. The van der Waals surface area contributed by atoms with Gasteiger partial charge in [-0.25, -0.2) is 0 Å². The summed E-state index contributed by atoms with van der Waals surface area (Å²) in [7, 11) is 1.46. The van der Waals surface area contributed by atoms with Crippen molar-refractivity contribution in [3.05, 3.63) is 42.5 Å². The Morgan fingerprint density at radius 2 is 1.71 bits per heavy atom. The zero-order chi connectivity index (χ0) is 14.7. The maximum absolute atomic E-state index is 11.5. The van der Waals surface area contributed by atoms with Crippen LogP contribution in [0.3, 0.4) is 0 Å². The first-order valence-electron chi connectivity index (χ1n) is 7.49. The van der Waals surface area contributed by atoms with Crippen molar-refractivity contribution in [1.82, 2.24) is 0 Å². The van der Waals surface area contributed by atoms with Crippen molar-refractivity contribution in [1.29, 1.82) is 0 Å². The Labute approximate surface area is 124 Å². The summed E-state index contributed by atoms with van der Waals surface area (Å²) < 4.78 is 10.9. The normalized spacial score (nSPS) is 22.0. The van der Waals surface area contributed by atoms with Crippen LogP contribution in [0.2, 0.25) is 0 Å². The van der Waals surface area contributed by atoms with E-state index in [1.807, 2.05) is 18.2 Å². The minimum atomic E-state index is -0.0841. The second-order valence-electron chi connectivity index (χ2n) is 5.62. The van der Waals surface area contributed by atoms with Gasteiger partial charge in [0.25, 0.3) is 0 Å². The van der Waals surface area contributed by atoms with Crippen LogP contribution in [-0.2, 0) is 9.53 Å². The first-order valence-corrected chi connectivity index (χ1v) is 7.49. The van der Waals surface area contributed by atoms with Crippen LogP contribution in [0.4, 0.5) is 0 Å². The SMILES string of the molecule is COC(=O)C1CCC(Oc2ccc3ccccc3c2)CC1. The Morgan fingerprint density at radius 1 is 1.00 bits per heavy atom. The molecule has 0 aromatic heterocycles. The topological polar surface area (TPSA) is 35.5 Å². The van der Waals surface area contributed by atoms with Crippen molar-refractivity contribution in [3.8, 4) is 5.75 Å². The molecule has 3 nitrogen and oxygen atoms in total. The van der Waals surface area contributed by atoms with Crippen LogP contribution in [0.25, 0.3) is 10.8 Å². The highest BCUT2D eigenvalue weighted by molar-refractivity contribution is 5.83. The van der Waals surface area contributed by atoms with Crippen molar-refractivity contribution in [3.63, 3.8) is 0 Å². The predicted octanol–water partition coefficient (Wildman–Crippen LogP) is 3.95. The molecule has 0 atom stereocenters. The van der Waals surface area contributed by atoms with E-state index < -0.39 is 0 Å². The van der Waals surface area contributed by atoms with Crippen molar-refractivity contribution < 1.29 is 14.3 Å². The second kappa shape index (κ2) is 6.17. The predicted molar refractivity (Wildman–Crippen MR) is 82.3 cm³/mol. The lowest BCUT2D eigenvalue weighted by atomic mass is 9.87. The van der Waals surface area contributed by atoms with Gasteiger partial charge in [-0.05, 0) is 48.6 Å². The van der Waals surface area contributed by atoms with E-state index >= 15 is 0 Å². The molecule has 2 aromatic carbocycles. The van der Waals surface area contributed by atoms with Gasteiger partial charge >= 0.3 is 5.97 Å². The number of esters is 1. The molecule has 3 heteroatoms. The fraction of sp³-hybridized carbons (Fsp3) is 0.389. The van der Waals surface area contributed by atoms with Crippen LogP contribution < -0.4 is 4.74 Å². The lowest BCUT2D eigenvalue weighted by Gasteiger charge is -2.27. The highest BCUT2D eigenvalue weighted by atomic mass is 16.5. The van der Waals surface area contributed by atoms with Crippen LogP contribution in [0, 0.1) is 5.92 Å². The summed E-state index contributed by atoms with van der Waals surface area (Å²) in [5.74, 6) is 0.876. The van der Waals surface area contributed by atoms with Gasteiger partial charge in [0, 0.05) is 0 Å². The zero-order valence-corrected chi connectivity index (χ0v) is 12.2. The molecule has 1 saturated carbocycles. The van der Waals surface area contributed by atoms with Gasteiger partial charge < -0.3 is 9.47 Å². The fourth-order valence-corrected chi connectivity index (χ4v) is 3.02. The summed E-state index contributed by atoms with van der Waals surface area (Å²) in [6, 6.07) is 14.5. The molecule has 1 aliphatic rings. The molecule has 0 aliphatic heterocycles. The third-order valence-corrected chi connectivity index (χ3v) is 4.23. The Morgan fingerprint density at radius 3 is 2.43 bits per heavy atom. The summed E-state index contributed by atoms with van der Waals surface area (Å²) in [6.07, 6.45) is 3.72. The zero-order valence-electron chi connectivity index (χ0n) is 12.2. The molecular formula is C18H20O3. The van der Waals surface area contributed by atoms with Crippen molar-refractivity contribution >= 4 is 16.7 Å². The number of rotatable bonds is 3. The summed E-state index contributed by atoms with van der Waals surface area (Å²) in [6.45, 7) is 0. The molecule has 2 aromatic rings. The van der Waals surface area contributed by atoms with Gasteiger partial charge in [0.2, 0.25) is 0 Å². The number of carbonyl (C=O) groups excluding carboxylic acids is 1. The summed E-state index contributed by atoms with van der Waals surface area (Å²) >= 11 is 0. The highest BCUT2D eigenvalue weighted by Crippen LogP contribution is 2.29. The van der Waals surface area contributed by atoms with Gasteiger partial charge in [-0.3, -0.25) is 4.79 Å². The van der Waals surface area contributed by atoms with Gasteiger partial charge in [-0.1, -0.05) is 30.3 Å². The number of hydrogen-bond acceptors (Lipinski definition) is 3. The molecular weight excluding hydrogens is 264 g/mol. The standard InChI is InChI=1S/C18H20O3/c1-20-18(19)14-7-9-16(10-8-14)21-17-11-6-13-4-2-3-5-15(13)12-17/h2-6,11-12,14,16H,7-10H2,1H3. The van der Waals surface area contributed by atoms with E-state index in [1.54, 1.807) is 0 Å². The lowest BCUT2D eigenvalue weighted by molar-refractivity contribution is -0.147. The second-order valence-corrected chi connectivity index (χ2v) is 5.62. The average Bonchev–Trinajstić information content (AvgIpc) is 2.55. The Balaban J connectivity index is 1.63. The van der Waals surface area contributed by atoms with Crippen molar-refractivity contribution in [2.75, 3.05) is 7.11 Å². The van der Waals surface area contributed by atoms with Gasteiger partial charge in [0.05, 0.1) is 19.1 Å². The van der Waals surface area contributed by atoms with Crippen LogP contribution in [-0.4, -0.2) is 19.2 Å². The number of ether oxygens (including phenoxy) is 2. The molecule has 0 N–H and O–H groups in total. The highest BCUT2D eigenvalue weighted by Gasteiger charge is 2.27. The number of benzene rings is 2.